The van der Waals surface area contributed by atoms with Crippen LogP contribution in [-0.2, 0) is 6.54 Å². The number of nitrogens with two attached hydrogens (primary N) is 1. The van der Waals surface area contributed by atoms with Gasteiger partial charge in [0.1, 0.15) is 5.52 Å². The third-order valence-electron chi connectivity index (χ3n) is 4.77. The molecule has 0 amide bonds. The van der Waals surface area contributed by atoms with E-state index in [0.29, 0.717) is 5.69 Å². The summed E-state index contributed by atoms with van der Waals surface area (Å²) in [5.74, 6) is 0.784. The van der Waals surface area contributed by atoms with Crippen molar-refractivity contribution in [1.29, 1.82) is 0 Å². The summed E-state index contributed by atoms with van der Waals surface area (Å²) in [6.07, 6.45) is 4.06. The number of nitrogen functional groups attached to an aromatic ring is 1. The third-order valence-corrected chi connectivity index (χ3v) is 4.77. The van der Waals surface area contributed by atoms with Crippen LogP contribution in [0, 0.1) is 0 Å². The Labute approximate surface area is 124 Å². The number of fused-ring (bicyclic) bond motifs is 2. The molecule has 0 radical (unpaired) electrons. The Balaban J connectivity index is 1.48. The molecule has 2 aliphatic heterocycles. The average molecular weight is 286 g/mol. The number of para-hydroxylation sites is 1. The first-order chi connectivity index (χ1) is 10.3. The molecule has 1 aromatic carbocycles. The van der Waals surface area contributed by atoms with Gasteiger partial charge in [0.15, 0.2) is 5.58 Å². The smallest absolute Gasteiger partial charge is 0.209 e. The van der Waals surface area contributed by atoms with E-state index in [-0.39, 0.29) is 0 Å². The van der Waals surface area contributed by atoms with Crippen LogP contribution in [0.3, 0.4) is 0 Å². The van der Waals surface area contributed by atoms with Gasteiger partial charge in [-0.15, -0.1) is 0 Å². The first kappa shape index (κ1) is 13.1. The van der Waals surface area contributed by atoms with Crippen LogP contribution in [0.15, 0.2) is 22.6 Å². The Morgan fingerprint density at radius 1 is 1.24 bits per heavy atom. The monoisotopic (exact) mass is 286 g/mol. The van der Waals surface area contributed by atoms with E-state index in [1.807, 2.05) is 18.2 Å². The van der Waals surface area contributed by atoms with Crippen LogP contribution in [0.1, 0.15) is 25.2 Å². The van der Waals surface area contributed by atoms with E-state index in [0.717, 1.165) is 42.7 Å². The van der Waals surface area contributed by atoms with E-state index in [1.165, 1.54) is 32.4 Å². The molecular formula is C16H22N4O. The van der Waals surface area contributed by atoms with Crippen molar-refractivity contribution in [3.8, 4) is 0 Å². The molecule has 0 bridgehead atoms. The maximum Gasteiger partial charge on any atom is 0.209 e. The maximum absolute atomic E-state index is 5.95. The van der Waals surface area contributed by atoms with Crippen molar-refractivity contribution >= 4 is 16.8 Å². The second kappa shape index (κ2) is 5.31. The van der Waals surface area contributed by atoms with Gasteiger partial charge >= 0.3 is 0 Å². The molecule has 4 rings (SSSR count). The van der Waals surface area contributed by atoms with Crippen LogP contribution in [0.25, 0.3) is 11.1 Å². The van der Waals surface area contributed by atoms with Gasteiger partial charge in [0.25, 0.3) is 0 Å². The van der Waals surface area contributed by atoms with Crippen molar-refractivity contribution in [1.82, 2.24) is 14.8 Å². The van der Waals surface area contributed by atoms with Crippen molar-refractivity contribution in [2.24, 2.45) is 0 Å². The lowest BCUT2D eigenvalue weighted by molar-refractivity contribution is 0.0420. The van der Waals surface area contributed by atoms with Crippen molar-refractivity contribution < 1.29 is 4.42 Å². The number of hydrogen-bond donors (Lipinski definition) is 1. The minimum absolute atomic E-state index is 0.694. The van der Waals surface area contributed by atoms with Crippen LogP contribution >= 0.6 is 0 Å². The Morgan fingerprint density at radius 3 is 3.10 bits per heavy atom. The highest BCUT2D eigenvalue weighted by Gasteiger charge is 2.29. The Bertz CT molecular complexity index is 638. The van der Waals surface area contributed by atoms with Crippen molar-refractivity contribution in [3.63, 3.8) is 0 Å². The van der Waals surface area contributed by atoms with Gasteiger partial charge in [0.2, 0.25) is 5.89 Å². The number of rotatable bonds is 2. The van der Waals surface area contributed by atoms with E-state index in [9.17, 15) is 0 Å². The first-order valence-electron chi connectivity index (χ1n) is 7.90. The number of anilines is 1. The molecule has 5 heteroatoms. The molecule has 1 aromatic heterocycles. The first-order valence-corrected chi connectivity index (χ1v) is 7.90. The minimum atomic E-state index is 0.694. The molecular weight excluding hydrogens is 264 g/mol. The van der Waals surface area contributed by atoms with E-state index in [2.05, 4.69) is 14.8 Å². The molecule has 112 valence electrons. The van der Waals surface area contributed by atoms with Crippen molar-refractivity contribution in [2.45, 2.75) is 31.8 Å². The van der Waals surface area contributed by atoms with E-state index >= 15 is 0 Å². The van der Waals surface area contributed by atoms with Crippen molar-refractivity contribution in [2.75, 3.05) is 31.9 Å². The topological polar surface area (TPSA) is 58.5 Å². The van der Waals surface area contributed by atoms with Crippen LogP contribution in [0.4, 0.5) is 5.69 Å². The summed E-state index contributed by atoms with van der Waals surface area (Å²) in [5, 5.41) is 0. The van der Waals surface area contributed by atoms with Crippen molar-refractivity contribution in [3.05, 3.63) is 24.1 Å². The molecule has 0 spiro atoms. The van der Waals surface area contributed by atoms with Gasteiger partial charge in [-0.05, 0) is 31.5 Å². The summed E-state index contributed by atoms with van der Waals surface area (Å²) in [6.45, 7) is 5.47. The molecule has 2 fully saturated rings. The lowest BCUT2D eigenvalue weighted by atomic mass is 9.99. The molecule has 3 heterocycles. The number of hydrogen-bond acceptors (Lipinski definition) is 5. The molecule has 1 unspecified atom stereocenters. The lowest BCUT2D eigenvalue weighted by Crippen LogP contribution is -2.54. The Hall–Kier alpha value is -1.59. The zero-order valence-corrected chi connectivity index (χ0v) is 12.3. The highest BCUT2D eigenvalue weighted by atomic mass is 16.3. The highest BCUT2D eigenvalue weighted by Crippen LogP contribution is 2.24. The quantitative estimate of drug-likeness (QED) is 0.857. The normalized spacial score (nSPS) is 24.3. The van der Waals surface area contributed by atoms with Gasteiger partial charge in [-0.3, -0.25) is 9.80 Å². The van der Waals surface area contributed by atoms with Gasteiger partial charge in [0, 0.05) is 25.7 Å². The summed E-state index contributed by atoms with van der Waals surface area (Å²) in [6, 6.07) is 6.44. The van der Waals surface area contributed by atoms with Crippen LogP contribution in [-0.4, -0.2) is 47.0 Å². The molecule has 2 saturated heterocycles. The maximum atomic E-state index is 5.95. The number of piperazine rings is 1. The number of piperidine rings is 1. The fourth-order valence-corrected chi connectivity index (χ4v) is 3.64. The Morgan fingerprint density at radius 2 is 2.19 bits per heavy atom. The van der Waals surface area contributed by atoms with Crippen LogP contribution in [0.2, 0.25) is 0 Å². The van der Waals surface area contributed by atoms with E-state index < -0.39 is 0 Å². The zero-order valence-electron chi connectivity index (χ0n) is 12.3. The third kappa shape index (κ3) is 2.51. The van der Waals surface area contributed by atoms with Gasteiger partial charge in [-0.1, -0.05) is 12.5 Å². The van der Waals surface area contributed by atoms with Gasteiger partial charge < -0.3 is 10.2 Å². The molecule has 0 saturated carbocycles. The van der Waals surface area contributed by atoms with E-state index in [1.54, 1.807) is 0 Å². The fourth-order valence-electron chi connectivity index (χ4n) is 3.64. The molecule has 2 aliphatic rings. The van der Waals surface area contributed by atoms with Gasteiger partial charge in [-0.25, -0.2) is 4.98 Å². The minimum Gasteiger partial charge on any atom is -0.439 e. The zero-order chi connectivity index (χ0) is 14.2. The largest absolute Gasteiger partial charge is 0.439 e. The number of oxazole rings is 1. The molecule has 0 aliphatic carbocycles. The summed E-state index contributed by atoms with van der Waals surface area (Å²) >= 11 is 0. The second-order valence-electron chi connectivity index (χ2n) is 6.22. The van der Waals surface area contributed by atoms with Gasteiger partial charge in [-0.2, -0.15) is 0 Å². The number of aromatic nitrogens is 1. The highest BCUT2D eigenvalue weighted by molar-refractivity contribution is 5.85. The molecule has 2 aromatic rings. The second-order valence-corrected chi connectivity index (χ2v) is 6.22. The predicted octanol–water partition coefficient (Wildman–Crippen LogP) is 2.08. The van der Waals surface area contributed by atoms with Crippen LogP contribution in [0.5, 0.6) is 0 Å². The van der Waals surface area contributed by atoms with E-state index in [4.69, 9.17) is 10.2 Å². The van der Waals surface area contributed by atoms with Crippen LogP contribution < -0.4 is 5.73 Å². The average Bonchev–Trinajstić information content (AvgIpc) is 2.91. The molecule has 21 heavy (non-hydrogen) atoms. The summed E-state index contributed by atoms with van der Waals surface area (Å²) < 4.78 is 5.84. The number of nitrogens with zero attached hydrogens (tertiary/aromatic N) is 3. The Kier molecular flexibility index (Phi) is 3.31. The number of benzene rings is 1. The SMILES string of the molecule is Nc1cccc2oc(CN3CCN4CCCCC4C3)nc12. The summed E-state index contributed by atoms with van der Waals surface area (Å²) in [4.78, 5) is 9.67. The van der Waals surface area contributed by atoms with Gasteiger partial charge in [0.05, 0.1) is 12.2 Å². The summed E-state index contributed by atoms with van der Waals surface area (Å²) in [5.41, 5.74) is 8.23. The molecule has 5 nitrogen and oxygen atoms in total. The molecule has 2 N–H and O–H groups in total. The summed E-state index contributed by atoms with van der Waals surface area (Å²) in [7, 11) is 0. The molecule has 1 atom stereocenters. The standard InChI is InChI=1S/C16H22N4O/c17-13-5-3-6-14-16(13)18-15(21-14)11-19-8-9-20-7-2-1-4-12(20)10-19/h3,5-6,12H,1-2,4,7-11,17H2. The predicted molar refractivity (Wildman–Crippen MR) is 82.9 cm³/mol. The lowest BCUT2D eigenvalue weighted by Gasteiger charge is -2.43. The fraction of sp³-hybridized carbons (Fsp3) is 0.562.